The van der Waals surface area contributed by atoms with Gasteiger partial charge < -0.3 is 29.4 Å². The van der Waals surface area contributed by atoms with Crippen LogP contribution in [0.25, 0.3) is 0 Å². The standard InChI is InChI=1S/K.2H3O3PS.H/c;2*1-4(2,3)5;/h;2*(H3,1,2,3,5);. The zero-order chi connectivity index (χ0) is 9.00. The van der Waals surface area contributed by atoms with Crippen molar-refractivity contribution < 1.29 is 29.4 Å². The molecule has 6 nitrogen and oxygen atoms in total. The molecule has 0 rings (SSSR count). The van der Waals surface area contributed by atoms with Gasteiger partial charge in [0.05, 0.1) is 0 Å². The van der Waals surface area contributed by atoms with Gasteiger partial charge in [0.25, 0.3) is 0 Å². The fourth-order valence-corrected chi connectivity index (χ4v) is 0. The zero-order valence-corrected chi connectivity index (χ0v) is 7.82. The average molecular weight is 268 g/mol. The molecular formula is H7KO6P2S2. The molecule has 0 fully saturated rings. The van der Waals surface area contributed by atoms with E-state index in [1.165, 1.54) is 0 Å². The van der Waals surface area contributed by atoms with Crippen molar-refractivity contribution in [1.29, 1.82) is 0 Å². The first-order valence-corrected chi connectivity index (χ1v) is 6.89. The van der Waals surface area contributed by atoms with Gasteiger partial charge in [-0.25, -0.2) is 0 Å². The minimum absolute atomic E-state index is 0. The minimum atomic E-state index is -3.81. The van der Waals surface area contributed by atoms with Crippen molar-refractivity contribution in [2.75, 3.05) is 0 Å². The summed E-state index contributed by atoms with van der Waals surface area (Å²) in [6.45, 7) is -7.61. The summed E-state index contributed by atoms with van der Waals surface area (Å²) in [4.78, 5) is 45.3. The molecule has 0 aliphatic rings. The third-order valence-electron chi connectivity index (χ3n) is 0. The van der Waals surface area contributed by atoms with Crippen LogP contribution >= 0.6 is 13.4 Å². The van der Waals surface area contributed by atoms with Gasteiger partial charge in [0.2, 0.25) is 0 Å². The molecule has 0 aromatic heterocycles. The van der Waals surface area contributed by atoms with E-state index in [4.69, 9.17) is 29.4 Å². The molecule has 0 aromatic carbocycles. The van der Waals surface area contributed by atoms with Crippen molar-refractivity contribution in [3.63, 3.8) is 0 Å². The summed E-state index contributed by atoms with van der Waals surface area (Å²) in [5.74, 6) is 0. The average Bonchev–Trinajstić information content (AvgIpc) is 1.12. The van der Waals surface area contributed by atoms with Gasteiger partial charge in [-0.05, 0) is 23.6 Å². The fraction of sp³-hybridized carbons (Fsp3) is 0. The summed E-state index contributed by atoms with van der Waals surface area (Å²) in [6, 6.07) is 0. The predicted molar refractivity (Wildman–Crippen MR) is 49.0 cm³/mol. The topological polar surface area (TPSA) is 121 Å². The maximum atomic E-state index is 7.56. The van der Waals surface area contributed by atoms with Crippen LogP contribution < -0.4 is 0 Å². The summed E-state index contributed by atoms with van der Waals surface area (Å²) in [5.41, 5.74) is 0. The second-order valence-electron chi connectivity index (χ2n) is 1.03. The molecule has 11 heavy (non-hydrogen) atoms. The third kappa shape index (κ3) is 200. The number of hydrogen-bond donors (Lipinski definition) is 6. The molecule has 66 valence electrons. The molecule has 0 aliphatic heterocycles. The van der Waals surface area contributed by atoms with Crippen LogP contribution in [0.2, 0.25) is 0 Å². The van der Waals surface area contributed by atoms with Crippen molar-refractivity contribution in [1.82, 2.24) is 0 Å². The van der Waals surface area contributed by atoms with Crippen LogP contribution in [0.5, 0.6) is 0 Å². The maximum absolute atomic E-state index is 7.56. The molecule has 0 saturated carbocycles. The summed E-state index contributed by atoms with van der Waals surface area (Å²) in [6.07, 6.45) is 0. The van der Waals surface area contributed by atoms with Gasteiger partial charge in [0, 0.05) is 0 Å². The van der Waals surface area contributed by atoms with Crippen molar-refractivity contribution in [3.8, 4) is 0 Å². The van der Waals surface area contributed by atoms with Crippen LogP contribution in [0.4, 0.5) is 0 Å². The summed E-state index contributed by atoms with van der Waals surface area (Å²) in [5, 5.41) is 0. The van der Waals surface area contributed by atoms with Gasteiger partial charge in [-0.3, -0.25) is 0 Å². The Morgan fingerprint density at radius 1 is 0.636 bits per heavy atom. The Morgan fingerprint density at radius 3 is 0.636 bits per heavy atom. The molecule has 6 N–H and O–H groups in total. The Kier molecular flexibility index (Phi) is 14.1. The molecule has 11 heteroatoms. The molecule has 0 aromatic rings. The van der Waals surface area contributed by atoms with E-state index in [2.05, 4.69) is 23.6 Å². The van der Waals surface area contributed by atoms with Gasteiger partial charge in [-0.2, -0.15) is 0 Å². The van der Waals surface area contributed by atoms with Gasteiger partial charge in [0.15, 0.2) is 0 Å². The van der Waals surface area contributed by atoms with Crippen LogP contribution in [0.3, 0.4) is 0 Å². The van der Waals surface area contributed by atoms with Gasteiger partial charge in [-0.15, -0.1) is 0 Å². The Bertz CT molecular complexity index is 131. The van der Waals surface area contributed by atoms with E-state index in [0.717, 1.165) is 0 Å². The second kappa shape index (κ2) is 8.04. The molecule has 0 radical (unpaired) electrons. The van der Waals surface area contributed by atoms with Gasteiger partial charge >= 0.3 is 64.8 Å². The van der Waals surface area contributed by atoms with Gasteiger partial charge in [-0.1, -0.05) is 0 Å². The molecular weight excluding hydrogens is 261 g/mol. The van der Waals surface area contributed by atoms with E-state index in [-0.39, 0.29) is 51.4 Å². The SMILES string of the molecule is OP(O)(O)=S.OP(O)(O)=S.[KH]. The molecule has 0 saturated heterocycles. The quantitative estimate of drug-likeness (QED) is 0.215. The molecule has 0 unspecified atom stereocenters. The Balaban J connectivity index is -0.000000107. The Hall–Kier alpha value is 2.70. The predicted octanol–water partition coefficient (Wildman–Crippen LogP) is -2.27. The molecule has 0 atom stereocenters. The number of rotatable bonds is 0. The van der Waals surface area contributed by atoms with Gasteiger partial charge in [0.1, 0.15) is 0 Å². The van der Waals surface area contributed by atoms with Crippen molar-refractivity contribution >= 4 is 88.4 Å². The van der Waals surface area contributed by atoms with Crippen LogP contribution in [-0.4, -0.2) is 80.7 Å². The fourth-order valence-electron chi connectivity index (χ4n) is 0. The monoisotopic (exact) mass is 268 g/mol. The second-order valence-corrected chi connectivity index (χ2v) is 6.02. The molecule has 0 aliphatic carbocycles. The van der Waals surface area contributed by atoms with Crippen molar-refractivity contribution in [2.45, 2.75) is 0 Å². The number of hydrogen-bond acceptors (Lipinski definition) is 2. The Labute approximate surface area is 116 Å². The van der Waals surface area contributed by atoms with E-state index in [9.17, 15) is 0 Å². The van der Waals surface area contributed by atoms with Crippen molar-refractivity contribution in [3.05, 3.63) is 0 Å². The van der Waals surface area contributed by atoms with Crippen LogP contribution in [-0.2, 0) is 23.6 Å². The molecule has 0 amide bonds. The summed E-state index contributed by atoms with van der Waals surface area (Å²) < 4.78 is 0. The van der Waals surface area contributed by atoms with Crippen molar-refractivity contribution in [2.24, 2.45) is 0 Å². The van der Waals surface area contributed by atoms with E-state index in [1.54, 1.807) is 0 Å². The third-order valence-corrected chi connectivity index (χ3v) is 0. The van der Waals surface area contributed by atoms with Crippen LogP contribution in [0.1, 0.15) is 0 Å². The normalized spacial score (nSPS) is 10.7. The van der Waals surface area contributed by atoms with E-state index in [1.807, 2.05) is 0 Å². The van der Waals surface area contributed by atoms with E-state index >= 15 is 0 Å². The van der Waals surface area contributed by atoms with Crippen LogP contribution in [0.15, 0.2) is 0 Å². The summed E-state index contributed by atoms with van der Waals surface area (Å²) >= 11 is 7.21. The van der Waals surface area contributed by atoms with Crippen LogP contribution in [0, 0.1) is 0 Å². The Morgan fingerprint density at radius 2 is 0.636 bits per heavy atom. The van der Waals surface area contributed by atoms with E-state index < -0.39 is 13.4 Å². The first-order valence-electron chi connectivity index (χ1n) is 1.57. The molecule has 0 spiro atoms. The zero-order valence-electron chi connectivity index (χ0n) is 4.39. The molecule has 0 heterocycles. The van der Waals surface area contributed by atoms with E-state index in [0.29, 0.717) is 0 Å². The molecule has 0 bridgehead atoms. The first-order chi connectivity index (χ1) is 4.00. The first kappa shape index (κ1) is 19.3. The summed E-state index contributed by atoms with van der Waals surface area (Å²) in [7, 11) is 0.